The molecule has 0 bridgehead atoms. The summed E-state index contributed by atoms with van der Waals surface area (Å²) in [6, 6.07) is 0. The standard InChI is InChI=1S/C17H34N4O3.HI/c1-18-16(19-8-4-9-24-15-5-10-23-13-15)20-14-17(21(2)3)6-11-22-12-7-17;/h15H,4-14H2,1-3H3,(H2,18,19,20);1H. The largest absolute Gasteiger partial charge is 0.381 e. The van der Waals surface area contributed by atoms with Crippen LogP contribution in [0.5, 0.6) is 0 Å². The van der Waals surface area contributed by atoms with Crippen molar-refractivity contribution in [3.05, 3.63) is 0 Å². The second-order valence-corrected chi connectivity index (χ2v) is 6.79. The Labute approximate surface area is 169 Å². The highest BCUT2D eigenvalue weighted by Crippen LogP contribution is 2.24. The molecule has 2 fully saturated rings. The molecular weight excluding hydrogens is 435 g/mol. The van der Waals surface area contributed by atoms with E-state index < -0.39 is 0 Å². The van der Waals surface area contributed by atoms with Crippen LogP contribution in [0.3, 0.4) is 0 Å². The van der Waals surface area contributed by atoms with Crippen LogP contribution in [0.15, 0.2) is 4.99 Å². The average Bonchev–Trinajstić information content (AvgIpc) is 3.11. The number of nitrogens with one attached hydrogen (secondary N) is 2. The fourth-order valence-electron chi connectivity index (χ4n) is 3.18. The van der Waals surface area contributed by atoms with E-state index in [-0.39, 0.29) is 35.6 Å². The van der Waals surface area contributed by atoms with E-state index in [9.17, 15) is 0 Å². The summed E-state index contributed by atoms with van der Waals surface area (Å²) in [6.07, 6.45) is 4.36. The maximum absolute atomic E-state index is 5.78. The normalized spacial score (nSPS) is 23.4. The van der Waals surface area contributed by atoms with Gasteiger partial charge < -0.3 is 29.7 Å². The van der Waals surface area contributed by atoms with Crippen LogP contribution in [0.4, 0.5) is 0 Å². The molecule has 0 aromatic carbocycles. The molecule has 0 amide bonds. The Bertz CT molecular complexity index is 384. The van der Waals surface area contributed by atoms with Crippen molar-refractivity contribution in [2.45, 2.75) is 37.3 Å². The molecule has 0 radical (unpaired) electrons. The Morgan fingerprint density at radius 3 is 2.56 bits per heavy atom. The lowest BCUT2D eigenvalue weighted by Crippen LogP contribution is -2.57. The fraction of sp³-hybridized carbons (Fsp3) is 0.941. The van der Waals surface area contributed by atoms with Crippen LogP contribution in [-0.2, 0) is 14.2 Å². The van der Waals surface area contributed by atoms with Gasteiger partial charge in [-0.1, -0.05) is 0 Å². The minimum atomic E-state index is 0. The van der Waals surface area contributed by atoms with Gasteiger partial charge in [0.15, 0.2) is 5.96 Å². The fourth-order valence-corrected chi connectivity index (χ4v) is 3.18. The number of hydrogen-bond acceptors (Lipinski definition) is 5. The second-order valence-electron chi connectivity index (χ2n) is 6.79. The van der Waals surface area contributed by atoms with Gasteiger partial charge in [0, 0.05) is 52.1 Å². The van der Waals surface area contributed by atoms with Crippen molar-refractivity contribution >= 4 is 29.9 Å². The van der Waals surface area contributed by atoms with Gasteiger partial charge in [-0.05, 0) is 39.8 Å². The summed E-state index contributed by atoms with van der Waals surface area (Å²) >= 11 is 0. The number of guanidine groups is 1. The van der Waals surface area contributed by atoms with Crippen LogP contribution < -0.4 is 10.6 Å². The predicted molar refractivity (Wildman–Crippen MR) is 111 cm³/mol. The third-order valence-corrected chi connectivity index (χ3v) is 5.04. The van der Waals surface area contributed by atoms with Gasteiger partial charge in [0.1, 0.15) is 0 Å². The molecule has 0 saturated carbocycles. The highest BCUT2D eigenvalue weighted by Gasteiger charge is 2.34. The molecule has 0 spiro atoms. The zero-order chi connectivity index (χ0) is 17.3. The number of ether oxygens (including phenoxy) is 3. The summed E-state index contributed by atoms with van der Waals surface area (Å²) < 4.78 is 16.6. The number of rotatable bonds is 8. The Balaban J connectivity index is 0.00000312. The first kappa shape index (κ1) is 22.9. The maximum Gasteiger partial charge on any atom is 0.191 e. The van der Waals surface area contributed by atoms with Crippen molar-refractivity contribution < 1.29 is 14.2 Å². The van der Waals surface area contributed by atoms with Gasteiger partial charge in [-0.3, -0.25) is 4.99 Å². The van der Waals surface area contributed by atoms with Gasteiger partial charge in [0.2, 0.25) is 0 Å². The van der Waals surface area contributed by atoms with Crippen LogP contribution >= 0.6 is 24.0 Å². The lowest BCUT2D eigenvalue weighted by atomic mass is 9.88. The summed E-state index contributed by atoms with van der Waals surface area (Å²) in [5.41, 5.74) is 0.140. The van der Waals surface area contributed by atoms with Crippen LogP contribution in [0, 0.1) is 0 Å². The van der Waals surface area contributed by atoms with Gasteiger partial charge in [-0.15, -0.1) is 24.0 Å². The van der Waals surface area contributed by atoms with Crippen LogP contribution in [0.2, 0.25) is 0 Å². The maximum atomic E-state index is 5.78. The molecule has 1 atom stereocenters. The number of likely N-dealkylation sites (N-methyl/N-ethyl adjacent to an activating group) is 1. The molecule has 0 aliphatic carbocycles. The van der Waals surface area contributed by atoms with Gasteiger partial charge in [-0.2, -0.15) is 0 Å². The molecule has 0 aromatic heterocycles. The molecule has 25 heavy (non-hydrogen) atoms. The topological polar surface area (TPSA) is 67.4 Å². The SMILES string of the molecule is CN=C(NCCCOC1CCOC1)NCC1(N(C)C)CCOCC1.I. The third kappa shape index (κ3) is 7.54. The minimum absolute atomic E-state index is 0. The van der Waals surface area contributed by atoms with Crippen LogP contribution in [0.25, 0.3) is 0 Å². The van der Waals surface area contributed by atoms with Crippen molar-refractivity contribution in [3.8, 4) is 0 Å². The van der Waals surface area contributed by atoms with Gasteiger partial charge >= 0.3 is 0 Å². The third-order valence-electron chi connectivity index (χ3n) is 5.04. The van der Waals surface area contributed by atoms with E-state index in [0.717, 1.165) is 77.8 Å². The van der Waals surface area contributed by atoms with E-state index in [1.165, 1.54) is 0 Å². The Hall–Kier alpha value is -0.160. The zero-order valence-electron chi connectivity index (χ0n) is 15.9. The quantitative estimate of drug-likeness (QED) is 0.240. The van der Waals surface area contributed by atoms with Crippen molar-refractivity contribution in [2.24, 2.45) is 4.99 Å². The lowest BCUT2D eigenvalue weighted by molar-refractivity contribution is -0.00502. The average molecular weight is 470 g/mol. The van der Waals surface area contributed by atoms with Crippen LogP contribution in [0.1, 0.15) is 25.7 Å². The smallest absolute Gasteiger partial charge is 0.191 e. The van der Waals surface area contributed by atoms with Crippen LogP contribution in [-0.4, -0.2) is 89.8 Å². The Morgan fingerprint density at radius 1 is 1.20 bits per heavy atom. The number of halogens is 1. The highest BCUT2D eigenvalue weighted by atomic mass is 127. The minimum Gasteiger partial charge on any atom is -0.381 e. The zero-order valence-corrected chi connectivity index (χ0v) is 18.2. The van der Waals surface area contributed by atoms with Crippen molar-refractivity contribution in [1.29, 1.82) is 0 Å². The summed E-state index contributed by atoms with van der Waals surface area (Å²) in [6.45, 7) is 5.72. The van der Waals surface area contributed by atoms with E-state index in [0.29, 0.717) is 0 Å². The highest BCUT2D eigenvalue weighted by molar-refractivity contribution is 14.0. The second kappa shape index (κ2) is 12.3. The molecule has 2 N–H and O–H groups in total. The first-order valence-corrected chi connectivity index (χ1v) is 9.05. The van der Waals surface area contributed by atoms with Crippen molar-refractivity contribution in [1.82, 2.24) is 15.5 Å². The first-order valence-electron chi connectivity index (χ1n) is 9.05. The molecule has 7 nitrogen and oxygen atoms in total. The number of nitrogens with zero attached hydrogens (tertiary/aromatic N) is 2. The van der Waals surface area contributed by atoms with Gasteiger partial charge in [0.25, 0.3) is 0 Å². The summed E-state index contributed by atoms with van der Waals surface area (Å²) in [7, 11) is 6.11. The van der Waals surface area contributed by atoms with Crippen molar-refractivity contribution in [3.63, 3.8) is 0 Å². The number of hydrogen-bond donors (Lipinski definition) is 2. The summed E-state index contributed by atoms with van der Waals surface area (Å²) in [4.78, 5) is 6.63. The summed E-state index contributed by atoms with van der Waals surface area (Å²) in [5.74, 6) is 0.854. The lowest BCUT2D eigenvalue weighted by Gasteiger charge is -2.43. The molecular formula is C17H35IN4O3. The first-order chi connectivity index (χ1) is 11.7. The monoisotopic (exact) mass is 470 g/mol. The van der Waals surface area contributed by atoms with E-state index in [1.54, 1.807) is 0 Å². The van der Waals surface area contributed by atoms with E-state index in [4.69, 9.17) is 14.2 Å². The molecule has 2 saturated heterocycles. The molecule has 2 aliphatic heterocycles. The van der Waals surface area contributed by atoms with Crippen molar-refractivity contribution in [2.75, 3.05) is 67.3 Å². The molecule has 2 rings (SSSR count). The molecule has 2 aliphatic rings. The van der Waals surface area contributed by atoms with Gasteiger partial charge in [0.05, 0.1) is 12.7 Å². The Kier molecular flexibility index (Phi) is 11.2. The van der Waals surface area contributed by atoms with E-state index in [1.807, 2.05) is 7.05 Å². The molecule has 1 unspecified atom stereocenters. The predicted octanol–water partition coefficient (Wildman–Crippen LogP) is 1.08. The van der Waals surface area contributed by atoms with E-state index >= 15 is 0 Å². The number of aliphatic imine (C=N–C) groups is 1. The van der Waals surface area contributed by atoms with Gasteiger partial charge in [-0.25, -0.2) is 0 Å². The molecule has 148 valence electrons. The van der Waals surface area contributed by atoms with E-state index in [2.05, 4.69) is 34.6 Å². The summed E-state index contributed by atoms with van der Waals surface area (Å²) in [5, 5.41) is 6.84. The molecule has 0 aromatic rings. The molecule has 8 heteroatoms. The Morgan fingerprint density at radius 2 is 1.96 bits per heavy atom. The molecule has 2 heterocycles.